The molecule has 2 rings (SSSR count). The van der Waals surface area contributed by atoms with E-state index in [0.29, 0.717) is 6.54 Å². The molecule has 0 atom stereocenters. The lowest BCUT2D eigenvalue weighted by Crippen LogP contribution is -2.06. The quantitative estimate of drug-likeness (QED) is 0.379. The molecule has 0 aliphatic rings. The Morgan fingerprint density at radius 1 is 1.20 bits per heavy atom. The van der Waals surface area contributed by atoms with E-state index in [-0.39, 0.29) is 11.4 Å². The molecule has 2 aromatic carbocycles. The molecule has 0 fully saturated rings. The molecular weight excluding hydrogens is 279 g/mol. The van der Waals surface area contributed by atoms with Gasteiger partial charge in [0.1, 0.15) is 11.5 Å². The average Bonchev–Trinajstić information content (AvgIpc) is 2.44. The van der Waals surface area contributed by atoms with E-state index < -0.39 is 10.7 Å². The minimum Gasteiger partial charge on any atom is -0.379 e. The van der Waals surface area contributed by atoms with Crippen LogP contribution in [0.5, 0.6) is 0 Å². The fraction of sp³-hybridized carbons (Fsp3) is 0.143. The number of halogens is 1. The summed E-state index contributed by atoms with van der Waals surface area (Å²) < 4.78 is 13.1. The number of benzene rings is 2. The molecule has 0 radical (unpaired) electrons. The van der Waals surface area contributed by atoms with Gasteiger partial charge in [0.15, 0.2) is 0 Å². The maximum absolute atomic E-state index is 13.1. The van der Waals surface area contributed by atoms with Crippen molar-refractivity contribution >= 4 is 23.1 Å². The number of nitrogens with zero attached hydrogens (tertiary/aromatic N) is 1. The second-order valence-corrected chi connectivity index (χ2v) is 5.18. The lowest BCUT2D eigenvalue weighted by atomic mass is 10.2. The molecule has 0 bridgehead atoms. The van der Waals surface area contributed by atoms with Crippen LogP contribution in [0.4, 0.5) is 15.8 Å². The summed E-state index contributed by atoms with van der Waals surface area (Å²) in [5.41, 5.74) is 0.0970. The molecule has 0 unspecified atom stereocenters. The number of anilines is 1. The predicted molar refractivity (Wildman–Crippen MR) is 78.7 cm³/mol. The molecule has 4 nitrogen and oxygen atoms in total. The van der Waals surface area contributed by atoms with Gasteiger partial charge in [0.2, 0.25) is 0 Å². The van der Waals surface area contributed by atoms with Gasteiger partial charge in [0.25, 0.3) is 5.69 Å². The van der Waals surface area contributed by atoms with Crippen molar-refractivity contribution in [1.29, 1.82) is 0 Å². The highest BCUT2D eigenvalue weighted by atomic mass is 32.2. The van der Waals surface area contributed by atoms with Crippen molar-refractivity contribution in [3.8, 4) is 0 Å². The van der Waals surface area contributed by atoms with Gasteiger partial charge < -0.3 is 5.32 Å². The van der Waals surface area contributed by atoms with E-state index in [2.05, 4.69) is 5.32 Å². The first-order chi connectivity index (χ1) is 9.66. The second kappa shape index (κ2) is 6.91. The van der Waals surface area contributed by atoms with E-state index in [1.165, 1.54) is 6.07 Å². The summed E-state index contributed by atoms with van der Waals surface area (Å²) in [6, 6.07) is 13.2. The normalized spacial score (nSPS) is 10.2. The van der Waals surface area contributed by atoms with Crippen molar-refractivity contribution in [3.05, 3.63) is 64.5 Å². The summed E-state index contributed by atoms with van der Waals surface area (Å²) in [6.07, 6.45) is 0. The van der Waals surface area contributed by atoms with E-state index in [1.807, 2.05) is 30.3 Å². The zero-order valence-electron chi connectivity index (χ0n) is 10.6. The van der Waals surface area contributed by atoms with Gasteiger partial charge >= 0.3 is 0 Å². The van der Waals surface area contributed by atoms with E-state index in [9.17, 15) is 14.5 Å². The van der Waals surface area contributed by atoms with Crippen LogP contribution in [0.25, 0.3) is 0 Å². The molecule has 0 aromatic heterocycles. The zero-order valence-corrected chi connectivity index (χ0v) is 11.4. The Balaban J connectivity index is 1.91. The van der Waals surface area contributed by atoms with Crippen molar-refractivity contribution < 1.29 is 9.31 Å². The van der Waals surface area contributed by atoms with E-state index in [4.69, 9.17) is 0 Å². The highest BCUT2D eigenvalue weighted by Gasteiger charge is 2.13. The summed E-state index contributed by atoms with van der Waals surface area (Å²) in [5, 5.41) is 13.7. The molecule has 0 aliphatic carbocycles. The van der Waals surface area contributed by atoms with Gasteiger partial charge in [-0.3, -0.25) is 10.1 Å². The summed E-state index contributed by atoms with van der Waals surface area (Å²) in [7, 11) is 0. The number of thioether (sulfide) groups is 1. The van der Waals surface area contributed by atoms with Crippen molar-refractivity contribution in [2.24, 2.45) is 0 Å². The monoisotopic (exact) mass is 292 g/mol. The number of hydrogen-bond acceptors (Lipinski definition) is 4. The van der Waals surface area contributed by atoms with Crippen LogP contribution in [-0.2, 0) is 0 Å². The number of nitro benzene ring substituents is 1. The third-order valence-corrected chi connectivity index (χ3v) is 3.60. The fourth-order valence-corrected chi connectivity index (χ4v) is 2.47. The van der Waals surface area contributed by atoms with Crippen LogP contribution < -0.4 is 5.32 Å². The van der Waals surface area contributed by atoms with E-state index in [0.717, 1.165) is 22.8 Å². The molecule has 0 aliphatic heterocycles. The fourth-order valence-electron chi connectivity index (χ4n) is 1.68. The van der Waals surface area contributed by atoms with Crippen molar-refractivity contribution in [3.63, 3.8) is 0 Å². The molecule has 104 valence electrons. The lowest BCUT2D eigenvalue weighted by Gasteiger charge is -2.07. The smallest absolute Gasteiger partial charge is 0.292 e. The maximum Gasteiger partial charge on any atom is 0.292 e. The van der Waals surface area contributed by atoms with Crippen molar-refractivity contribution in [2.75, 3.05) is 17.6 Å². The first-order valence-electron chi connectivity index (χ1n) is 6.02. The molecule has 0 heterocycles. The van der Waals surface area contributed by atoms with Gasteiger partial charge in [0, 0.05) is 29.3 Å². The Bertz CT molecular complexity index is 593. The highest BCUT2D eigenvalue weighted by molar-refractivity contribution is 7.99. The summed E-state index contributed by atoms with van der Waals surface area (Å²) in [5.74, 6) is 0.242. The highest BCUT2D eigenvalue weighted by Crippen LogP contribution is 2.25. The van der Waals surface area contributed by atoms with Gasteiger partial charge in [-0.2, -0.15) is 0 Å². The number of nitrogens with one attached hydrogen (secondary N) is 1. The van der Waals surface area contributed by atoms with Crippen LogP contribution >= 0.6 is 11.8 Å². The van der Waals surface area contributed by atoms with Gasteiger partial charge in [0.05, 0.1) is 4.92 Å². The molecule has 0 saturated heterocycles. The Morgan fingerprint density at radius 3 is 2.65 bits per heavy atom. The zero-order chi connectivity index (χ0) is 14.4. The first kappa shape index (κ1) is 14.3. The number of rotatable bonds is 6. The standard InChI is InChI=1S/C14H13FN2O2S/c15-11-6-7-14(17(18)19)13(10-11)16-8-9-20-12-4-2-1-3-5-12/h1-7,10,16H,8-9H2. The Morgan fingerprint density at radius 2 is 1.95 bits per heavy atom. The Labute approximate surface area is 120 Å². The topological polar surface area (TPSA) is 55.2 Å². The summed E-state index contributed by atoms with van der Waals surface area (Å²) in [6.45, 7) is 0.518. The van der Waals surface area contributed by atoms with E-state index >= 15 is 0 Å². The average molecular weight is 292 g/mol. The summed E-state index contributed by atoms with van der Waals surface area (Å²) >= 11 is 1.63. The lowest BCUT2D eigenvalue weighted by molar-refractivity contribution is -0.384. The predicted octanol–water partition coefficient (Wildman–Crippen LogP) is 3.94. The largest absolute Gasteiger partial charge is 0.379 e. The number of hydrogen-bond donors (Lipinski definition) is 1. The SMILES string of the molecule is O=[N+]([O-])c1ccc(F)cc1NCCSc1ccccc1. The third kappa shape index (κ3) is 3.96. The molecule has 1 N–H and O–H groups in total. The Kier molecular flexibility index (Phi) is 4.95. The number of nitro groups is 1. The molecule has 0 spiro atoms. The van der Waals surface area contributed by atoms with Crippen LogP contribution in [0.15, 0.2) is 53.4 Å². The molecule has 6 heteroatoms. The van der Waals surface area contributed by atoms with E-state index in [1.54, 1.807) is 11.8 Å². The first-order valence-corrected chi connectivity index (χ1v) is 7.01. The van der Waals surface area contributed by atoms with Gasteiger partial charge in [-0.15, -0.1) is 11.8 Å². The van der Waals surface area contributed by atoms with Crippen molar-refractivity contribution in [2.45, 2.75) is 4.90 Å². The molecule has 2 aromatic rings. The minimum atomic E-state index is -0.522. The molecule has 0 amide bonds. The van der Waals surface area contributed by atoms with Gasteiger partial charge in [-0.05, 0) is 18.2 Å². The molecule has 0 saturated carbocycles. The Hall–Kier alpha value is -2.08. The van der Waals surface area contributed by atoms with Crippen LogP contribution in [0, 0.1) is 15.9 Å². The molecular formula is C14H13FN2O2S. The van der Waals surface area contributed by atoms with Crippen molar-refractivity contribution in [1.82, 2.24) is 0 Å². The second-order valence-electron chi connectivity index (χ2n) is 4.01. The minimum absolute atomic E-state index is 0.115. The van der Waals surface area contributed by atoms with Crippen LogP contribution in [0.3, 0.4) is 0 Å². The maximum atomic E-state index is 13.1. The third-order valence-electron chi connectivity index (χ3n) is 2.58. The van der Waals surface area contributed by atoms with Gasteiger partial charge in [-0.1, -0.05) is 18.2 Å². The van der Waals surface area contributed by atoms with Crippen LogP contribution in [0.1, 0.15) is 0 Å². The summed E-state index contributed by atoms with van der Waals surface area (Å²) in [4.78, 5) is 11.4. The van der Waals surface area contributed by atoms with Gasteiger partial charge in [-0.25, -0.2) is 4.39 Å². The van der Waals surface area contributed by atoms with Crippen LogP contribution in [-0.4, -0.2) is 17.2 Å². The molecule has 20 heavy (non-hydrogen) atoms. The van der Waals surface area contributed by atoms with Crippen LogP contribution in [0.2, 0.25) is 0 Å².